The predicted octanol–water partition coefficient (Wildman–Crippen LogP) is 2.63. The highest BCUT2D eigenvalue weighted by Gasteiger charge is 2.34. The molecule has 0 aliphatic carbocycles. The molecule has 1 heterocycles. The van der Waals surface area contributed by atoms with E-state index < -0.39 is 40.6 Å². The molecule has 108 valence electrons. The molecule has 1 aromatic rings. The summed E-state index contributed by atoms with van der Waals surface area (Å²) in [5, 5.41) is 0. The van der Waals surface area contributed by atoms with Gasteiger partial charge in [0, 0.05) is 12.0 Å². The second-order valence-electron chi connectivity index (χ2n) is 4.43. The van der Waals surface area contributed by atoms with Crippen LogP contribution in [0.4, 0.5) is 17.6 Å². The first-order valence-electron chi connectivity index (χ1n) is 5.81. The summed E-state index contributed by atoms with van der Waals surface area (Å²) in [4.78, 5) is 23.6. The topological polar surface area (TPSA) is 43.4 Å². The molecule has 0 spiro atoms. The number of benzene rings is 1. The number of rotatable bonds is 2. The highest BCUT2D eigenvalue weighted by molar-refractivity contribution is 6.11. The van der Waals surface area contributed by atoms with Crippen LogP contribution in [0.1, 0.15) is 22.3 Å². The smallest absolute Gasteiger partial charge is 0.380 e. The van der Waals surface area contributed by atoms with Crippen LogP contribution < -0.4 is 0 Å². The first-order chi connectivity index (χ1) is 9.29. The molecule has 1 fully saturated rings. The van der Waals surface area contributed by atoms with Gasteiger partial charge in [-0.1, -0.05) is 0 Å². The van der Waals surface area contributed by atoms with Crippen LogP contribution in [-0.4, -0.2) is 24.8 Å². The van der Waals surface area contributed by atoms with Crippen LogP contribution in [0.5, 0.6) is 0 Å². The maximum Gasteiger partial charge on any atom is 0.416 e. The lowest BCUT2D eigenvalue weighted by Crippen LogP contribution is -2.34. The van der Waals surface area contributed by atoms with Crippen LogP contribution >= 0.6 is 0 Å². The summed E-state index contributed by atoms with van der Waals surface area (Å²) < 4.78 is 55.9. The molecule has 0 amide bonds. The van der Waals surface area contributed by atoms with Gasteiger partial charge in [0.05, 0.1) is 18.8 Å². The van der Waals surface area contributed by atoms with Gasteiger partial charge in [-0.15, -0.1) is 0 Å². The van der Waals surface area contributed by atoms with Gasteiger partial charge in [-0.2, -0.15) is 13.2 Å². The lowest BCUT2D eigenvalue weighted by atomic mass is 9.91. The fourth-order valence-corrected chi connectivity index (χ4v) is 1.96. The van der Waals surface area contributed by atoms with Crippen LogP contribution in [0.3, 0.4) is 0 Å². The van der Waals surface area contributed by atoms with E-state index in [0.29, 0.717) is 18.2 Å². The standard InChI is InChI=1S/C13H10F4O3/c14-9-4-7(3-8(5-9)13(15,16)17)12(19)10-6-20-2-1-11(10)18/h3-5,10H,1-2,6H2. The van der Waals surface area contributed by atoms with Crippen molar-refractivity contribution in [1.29, 1.82) is 0 Å². The Morgan fingerprint density at radius 3 is 2.55 bits per heavy atom. The van der Waals surface area contributed by atoms with Crippen molar-refractivity contribution in [3.8, 4) is 0 Å². The van der Waals surface area contributed by atoms with E-state index in [1.807, 2.05) is 0 Å². The summed E-state index contributed by atoms with van der Waals surface area (Å²) in [5.74, 6) is -3.59. The van der Waals surface area contributed by atoms with Crippen molar-refractivity contribution in [1.82, 2.24) is 0 Å². The molecule has 3 nitrogen and oxygen atoms in total. The molecule has 0 N–H and O–H groups in total. The lowest BCUT2D eigenvalue weighted by molar-refractivity contribution is -0.137. The predicted molar refractivity (Wildman–Crippen MR) is 59.7 cm³/mol. The van der Waals surface area contributed by atoms with Crippen molar-refractivity contribution in [2.24, 2.45) is 5.92 Å². The molecule has 1 aromatic carbocycles. The van der Waals surface area contributed by atoms with E-state index in [2.05, 4.69) is 0 Å². The number of hydrogen-bond donors (Lipinski definition) is 0. The second-order valence-corrected chi connectivity index (χ2v) is 4.43. The molecule has 0 aromatic heterocycles. The Hall–Kier alpha value is -1.76. The molecule has 1 aliphatic heterocycles. The van der Waals surface area contributed by atoms with Crippen molar-refractivity contribution >= 4 is 11.6 Å². The van der Waals surface area contributed by atoms with Crippen LogP contribution in [-0.2, 0) is 15.7 Å². The number of halogens is 4. The Bertz CT molecular complexity index is 551. The van der Waals surface area contributed by atoms with Crippen molar-refractivity contribution < 1.29 is 31.9 Å². The molecule has 2 rings (SSSR count). The van der Waals surface area contributed by atoms with E-state index in [1.165, 1.54) is 0 Å². The molecule has 7 heteroatoms. The van der Waals surface area contributed by atoms with Crippen molar-refractivity contribution in [3.05, 3.63) is 35.1 Å². The van der Waals surface area contributed by atoms with E-state index in [1.54, 1.807) is 0 Å². The quantitative estimate of drug-likeness (QED) is 0.478. The van der Waals surface area contributed by atoms with Crippen molar-refractivity contribution in [2.75, 3.05) is 13.2 Å². The van der Waals surface area contributed by atoms with Crippen LogP contribution in [0.25, 0.3) is 0 Å². The summed E-state index contributed by atoms with van der Waals surface area (Å²) in [6, 6.07) is 1.54. The van der Waals surface area contributed by atoms with Gasteiger partial charge in [0.15, 0.2) is 5.78 Å². The number of ketones is 2. The van der Waals surface area contributed by atoms with Gasteiger partial charge < -0.3 is 4.74 Å². The average molecular weight is 290 g/mol. The summed E-state index contributed by atoms with van der Waals surface area (Å²) in [7, 11) is 0. The number of alkyl halides is 3. The largest absolute Gasteiger partial charge is 0.416 e. The number of hydrogen-bond acceptors (Lipinski definition) is 3. The third-order valence-electron chi connectivity index (χ3n) is 2.99. The number of Topliss-reactive ketones (excluding diaryl/α,β-unsaturated/α-hetero) is 2. The molecule has 1 saturated heterocycles. The number of carbonyl (C=O) groups excluding carboxylic acids is 2. The molecule has 0 bridgehead atoms. The zero-order valence-corrected chi connectivity index (χ0v) is 10.2. The minimum Gasteiger partial charge on any atom is -0.380 e. The number of ether oxygens (including phenoxy) is 1. The summed E-state index contributed by atoms with van der Waals surface area (Å²) in [6.45, 7) is -0.00486. The van der Waals surface area contributed by atoms with Gasteiger partial charge in [-0.05, 0) is 18.2 Å². The fourth-order valence-electron chi connectivity index (χ4n) is 1.96. The first-order valence-corrected chi connectivity index (χ1v) is 5.81. The Labute approximate surface area is 111 Å². The van der Waals surface area contributed by atoms with Crippen LogP contribution in [0.2, 0.25) is 0 Å². The highest BCUT2D eigenvalue weighted by Crippen LogP contribution is 2.31. The third kappa shape index (κ3) is 3.04. The fraction of sp³-hybridized carbons (Fsp3) is 0.385. The molecule has 1 atom stereocenters. The Morgan fingerprint density at radius 2 is 1.95 bits per heavy atom. The average Bonchev–Trinajstić information content (AvgIpc) is 2.37. The van der Waals surface area contributed by atoms with Gasteiger partial charge >= 0.3 is 6.18 Å². The third-order valence-corrected chi connectivity index (χ3v) is 2.99. The minimum atomic E-state index is -4.76. The first kappa shape index (κ1) is 14.6. The highest BCUT2D eigenvalue weighted by atomic mass is 19.4. The molecular formula is C13H10F4O3. The molecule has 20 heavy (non-hydrogen) atoms. The summed E-state index contributed by atoms with van der Waals surface area (Å²) >= 11 is 0. The van der Waals surface area contributed by atoms with Crippen molar-refractivity contribution in [2.45, 2.75) is 12.6 Å². The zero-order chi connectivity index (χ0) is 14.9. The normalized spacial score (nSPS) is 20.0. The van der Waals surface area contributed by atoms with E-state index >= 15 is 0 Å². The minimum absolute atomic E-state index is 0.0256. The molecule has 0 radical (unpaired) electrons. The molecule has 1 unspecified atom stereocenters. The number of carbonyl (C=O) groups is 2. The van der Waals surface area contributed by atoms with E-state index in [4.69, 9.17) is 4.74 Å². The van der Waals surface area contributed by atoms with Gasteiger partial charge in [0.25, 0.3) is 0 Å². The SMILES string of the molecule is O=C1CCOCC1C(=O)c1cc(F)cc(C(F)(F)F)c1. The van der Waals surface area contributed by atoms with Gasteiger partial charge in [0.1, 0.15) is 17.5 Å². The van der Waals surface area contributed by atoms with E-state index in [9.17, 15) is 27.2 Å². The maximum atomic E-state index is 13.2. The van der Waals surface area contributed by atoms with Gasteiger partial charge in [0.2, 0.25) is 0 Å². The summed E-state index contributed by atoms with van der Waals surface area (Å²) in [5.41, 5.74) is -1.73. The molecule has 0 saturated carbocycles. The Balaban J connectivity index is 2.34. The van der Waals surface area contributed by atoms with E-state index in [0.717, 1.165) is 0 Å². The van der Waals surface area contributed by atoms with Crippen LogP contribution in [0, 0.1) is 11.7 Å². The van der Waals surface area contributed by atoms with Crippen LogP contribution in [0.15, 0.2) is 18.2 Å². The van der Waals surface area contributed by atoms with Gasteiger partial charge in [-0.3, -0.25) is 9.59 Å². The maximum absolute atomic E-state index is 13.2. The van der Waals surface area contributed by atoms with Crippen molar-refractivity contribution in [3.63, 3.8) is 0 Å². The zero-order valence-electron chi connectivity index (χ0n) is 10.2. The Morgan fingerprint density at radius 1 is 1.25 bits per heavy atom. The summed E-state index contributed by atoms with van der Waals surface area (Å²) in [6.07, 6.45) is -4.73. The molecular weight excluding hydrogens is 280 g/mol. The molecule has 1 aliphatic rings. The van der Waals surface area contributed by atoms with Gasteiger partial charge in [-0.25, -0.2) is 4.39 Å². The Kier molecular flexibility index (Phi) is 3.89. The lowest BCUT2D eigenvalue weighted by Gasteiger charge is -2.20. The monoisotopic (exact) mass is 290 g/mol. The second kappa shape index (κ2) is 5.32. The van der Waals surface area contributed by atoms with E-state index in [-0.39, 0.29) is 19.6 Å².